The maximum atomic E-state index is 10.9. The summed E-state index contributed by atoms with van der Waals surface area (Å²) in [5.74, 6) is 1.83. The third-order valence-corrected chi connectivity index (χ3v) is 7.25. The van der Waals surface area contributed by atoms with Crippen molar-refractivity contribution in [3.8, 4) is 5.75 Å². The molecular formula is C18H24O5S. The molecule has 0 bridgehead atoms. The van der Waals surface area contributed by atoms with Gasteiger partial charge in [0.1, 0.15) is 5.75 Å². The molecule has 0 heterocycles. The molecule has 132 valence electrons. The van der Waals surface area contributed by atoms with E-state index in [1.165, 1.54) is 5.56 Å². The summed E-state index contributed by atoms with van der Waals surface area (Å²) in [6.07, 6.45) is 5.93. The molecule has 5 atom stereocenters. The predicted octanol–water partition coefficient (Wildman–Crippen LogP) is 3.09. The normalized spacial score (nSPS) is 38.1. The molecule has 2 fully saturated rings. The highest BCUT2D eigenvalue weighted by Gasteiger charge is 2.54. The van der Waals surface area contributed by atoms with E-state index in [0.717, 1.165) is 44.1 Å². The standard InChI is InChI=1S/C18H24O5S/c1-18-9-8-14-13-5-3-12(23-24(20,21)22)10-11(13)2-4-15(14)16(18)6-7-17(18)19/h3,5,10,14-17,19H,2,4,6-9H2,1H3,(H,20,21,22)/t14-,15+,16+,17+,18+/m1/s1. The zero-order valence-electron chi connectivity index (χ0n) is 13.8. The zero-order valence-corrected chi connectivity index (χ0v) is 14.6. The van der Waals surface area contributed by atoms with Crippen LogP contribution in [0.15, 0.2) is 18.2 Å². The molecule has 0 amide bonds. The van der Waals surface area contributed by atoms with Crippen molar-refractivity contribution < 1.29 is 22.3 Å². The number of hydrogen-bond donors (Lipinski definition) is 2. The van der Waals surface area contributed by atoms with Crippen LogP contribution in [0.3, 0.4) is 0 Å². The molecular weight excluding hydrogens is 328 g/mol. The molecule has 3 aliphatic rings. The lowest BCUT2D eigenvalue weighted by Crippen LogP contribution is -2.43. The summed E-state index contributed by atoms with van der Waals surface area (Å²) in [4.78, 5) is 0. The molecule has 0 unspecified atom stereocenters. The largest absolute Gasteiger partial charge is 0.446 e. The fraction of sp³-hybridized carbons (Fsp3) is 0.667. The van der Waals surface area contributed by atoms with Crippen molar-refractivity contribution in [2.45, 2.75) is 57.5 Å². The summed E-state index contributed by atoms with van der Waals surface area (Å²) in [6, 6.07) is 5.34. The molecule has 4 rings (SSSR count). The van der Waals surface area contributed by atoms with Crippen LogP contribution in [-0.2, 0) is 16.8 Å². The zero-order chi connectivity index (χ0) is 17.1. The average molecular weight is 352 g/mol. The average Bonchev–Trinajstić information content (AvgIpc) is 2.81. The summed E-state index contributed by atoms with van der Waals surface area (Å²) >= 11 is 0. The van der Waals surface area contributed by atoms with E-state index in [1.54, 1.807) is 12.1 Å². The van der Waals surface area contributed by atoms with E-state index in [9.17, 15) is 13.5 Å². The molecule has 5 nitrogen and oxygen atoms in total. The van der Waals surface area contributed by atoms with Crippen molar-refractivity contribution in [1.29, 1.82) is 0 Å². The first-order valence-electron chi connectivity index (χ1n) is 8.76. The van der Waals surface area contributed by atoms with Crippen LogP contribution in [0.1, 0.15) is 56.1 Å². The summed E-state index contributed by atoms with van der Waals surface area (Å²) in [7, 11) is -4.48. The van der Waals surface area contributed by atoms with Crippen LogP contribution in [0, 0.1) is 17.3 Å². The van der Waals surface area contributed by atoms with Crippen molar-refractivity contribution in [2.75, 3.05) is 0 Å². The fourth-order valence-corrected chi connectivity index (χ4v) is 6.05. The predicted molar refractivity (Wildman–Crippen MR) is 89.2 cm³/mol. The van der Waals surface area contributed by atoms with Gasteiger partial charge in [-0.2, -0.15) is 8.42 Å². The maximum Gasteiger partial charge on any atom is 0.446 e. The summed E-state index contributed by atoms with van der Waals surface area (Å²) in [6.45, 7) is 2.25. The monoisotopic (exact) mass is 352 g/mol. The molecule has 1 aromatic rings. The first-order valence-corrected chi connectivity index (χ1v) is 10.1. The lowest BCUT2D eigenvalue weighted by molar-refractivity contribution is -0.0226. The van der Waals surface area contributed by atoms with Crippen LogP contribution in [0.4, 0.5) is 0 Å². The third kappa shape index (κ3) is 2.55. The lowest BCUT2D eigenvalue weighted by Gasteiger charge is -2.50. The van der Waals surface area contributed by atoms with Gasteiger partial charge in [-0.05, 0) is 85.0 Å². The lowest BCUT2D eigenvalue weighted by atomic mass is 9.55. The van der Waals surface area contributed by atoms with Gasteiger partial charge in [-0.1, -0.05) is 13.0 Å². The molecule has 24 heavy (non-hydrogen) atoms. The first-order chi connectivity index (χ1) is 11.3. The maximum absolute atomic E-state index is 10.9. The molecule has 3 aliphatic carbocycles. The third-order valence-electron chi connectivity index (χ3n) is 6.85. The van der Waals surface area contributed by atoms with Gasteiger partial charge >= 0.3 is 10.4 Å². The van der Waals surface area contributed by atoms with Crippen molar-refractivity contribution >= 4 is 10.4 Å². The SMILES string of the molecule is C[C@]12CC[C@@H]3c4ccc(OS(=O)(=O)O)cc4CC[C@@H]3[C@@H]1CC[C@@H]2O. The molecule has 2 N–H and O–H groups in total. The van der Waals surface area contributed by atoms with E-state index in [4.69, 9.17) is 4.55 Å². The topological polar surface area (TPSA) is 83.8 Å². The van der Waals surface area contributed by atoms with Gasteiger partial charge < -0.3 is 9.29 Å². The highest BCUT2D eigenvalue weighted by atomic mass is 32.3. The molecule has 0 radical (unpaired) electrons. The van der Waals surface area contributed by atoms with Gasteiger partial charge in [-0.25, -0.2) is 0 Å². The highest BCUT2D eigenvalue weighted by Crippen LogP contribution is 2.60. The van der Waals surface area contributed by atoms with E-state index >= 15 is 0 Å². The Morgan fingerprint density at radius 3 is 2.75 bits per heavy atom. The Morgan fingerprint density at radius 1 is 1.21 bits per heavy atom. The van der Waals surface area contributed by atoms with Crippen LogP contribution in [0.2, 0.25) is 0 Å². The minimum absolute atomic E-state index is 0.0622. The van der Waals surface area contributed by atoms with Crippen molar-refractivity contribution in [2.24, 2.45) is 17.3 Å². The number of aliphatic hydroxyl groups is 1. The van der Waals surface area contributed by atoms with Gasteiger partial charge in [0.25, 0.3) is 0 Å². The molecule has 6 heteroatoms. The Kier molecular flexibility index (Phi) is 3.71. The Balaban J connectivity index is 1.63. The summed E-state index contributed by atoms with van der Waals surface area (Å²) in [5, 5.41) is 10.4. The van der Waals surface area contributed by atoms with Crippen LogP contribution in [0.25, 0.3) is 0 Å². The molecule has 0 aliphatic heterocycles. The Morgan fingerprint density at radius 2 is 2.00 bits per heavy atom. The second-order valence-electron chi connectivity index (χ2n) is 7.92. The number of benzene rings is 1. The van der Waals surface area contributed by atoms with E-state index in [-0.39, 0.29) is 17.3 Å². The van der Waals surface area contributed by atoms with Crippen LogP contribution in [-0.4, -0.2) is 24.2 Å². The number of rotatable bonds is 2. The van der Waals surface area contributed by atoms with E-state index in [2.05, 4.69) is 11.1 Å². The molecule has 0 aromatic heterocycles. The quantitative estimate of drug-likeness (QED) is 0.799. The number of aryl methyl sites for hydroxylation is 1. The first kappa shape index (κ1) is 16.4. The van der Waals surface area contributed by atoms with E-state index in [1.807, 2.05) is 6.07 Å². The van der Waals surface area contributed by atoms with Crippen molar-refractivity contribution in [3.63, 3.8) is 0 Å². The Hall–Kier alpha value is -1.11. The fourth-order valence-electron chi connectivity index (χ4n) is 5.70. The Labute approximate surface area is 143 Å². The van der Waals surface area contributed by atoms with Gasteiger partial charge in [0.2, 0.25) is 0 Å². The second kappa shape index (κ2) is 5.44. The molecule has 0 saturated heterocycles. The minimum Gasteiger partial charge on any atom is -0.393 e. The Bertz CT molecular complexity index is 759. The molecule has 0 spiro atoms. The van der Waals surface area contributed by atoms with Crippen LogP contribution < -0.4 is 4.18 Å². The highest BCUT2D eigenvalue weighted by molar-refractivity contribution is 7.81. The summed E-state index contributed by atoms with van der Waals surface area (Å²) < 4.78 is 35.2. The van der Waals surface area contributed by atoms with Crippen molar-refractivity contribution in [1.82, 2.24) is 0 Å². The van der Waals surface area contributed by atoms with Gasteiger partial charge in [-0.3, -0.25) is 4.55 Å². The number of hydrogen-bond acceptors (Lipinski definition) is 4. The van der Waals surface area contributed by atoms with Gasteiger partial charge in [0, 0.05) is 0 Å². The molecule has 1 aromatic carbocycles. The van der Waals surface area contributed by atoms with Gasteiger partial charge in [0.15, 0.2) is 0 Å². The number of fused-ring (bicyclic) bond motifs is 5. The van der Waals surface area contributed by atoms with E-state index in [0.29, 0.717) is 17.8 Å². The minimum atomic E-state index is -4.48. The van der Waals surface area contributed by atoms with Crippen LogP contribution >= 0.6 is 0 Å². The van der Waals surface area contributed by atoms with Crippen LogP contribution in [0.5, 0.6) is 5.75 Å². The van der Waals surface area contributed by atoms with Crippen molar-refractivity contribution in [3.05, 3.63) is 29.3 Å². The van der Waals surface area contributed by atoms with Gasteiger partial charge in [0.05, 0.1) is 6.10 Å². The number of aliphatic hydroxyl groups excluding tert-OH is 1. The van der Waals surface area contributed by atoms with Gasteiger partial charge in [-0.15, -0.1) is 0 Å². The van der Waals surface area contributed by atoms with E-state index < -0.39 is 10.4 Å². The smallest absolute Gasteiger partial charge is 0.393 e. The molecule has 2 saturated carbocycles. The second-order valence-corrected chi connectivity index (χ2v) is 8.95. The summed E-state index contributed by atoms with van der Waals surface area (Å²) in [5.41, 5.74) is 2.48.